The molecule has 8 nitrogen and oxygen atoms in total. The largest absolute Gasteiger partial charge is 0.358 e. The Hall–Kier alpha value is -3.13. The summed E-state index contributed by atoms with van der Waals surface area (Å²) in [5.74, 6) is 2.29. The number of halogens is 1. The number of amides is 1. The van der Waals surface area contributed by atoms with Gasteiger partial charge in [0, 0.05) is 36.6 Å². The van der Waals surface area contributed by atoms with Crippen molar-refractivity contribution in [2.75, 3.05) is 17.2 Å². The van der Waals surface area contributed by atoms with Crippen molar-refractivity contribution in [3.8, 4) is 5.82 Å². The molecule has 2 heterocycles. The zero-order chi connectivity index (χ0) is 23.8. The maximum absolute atomic E-state index is 13.3. The van der Waals surface area contributed by atoms with Gasteiger partial charge in [0.25, 0.3) is 0 Å². The summed E-state index contributed by atoms with van der Waals surface area (Å²) in [4.78, 5) is 26.6. The first-order chi connectivity index (χ1) is 16.6. The number of carbonyl (C=O) groups excluding carboxylic acids is 1. The van der Waals surface area contributed by atoms with Crippen LogP contribution in [0.15, 0.2) is 49.1 Å². The number of hydrogen-bond acceptors (Lipinski definition) is 6. The Morgan fingerprint density at radius 3 is 2.68 bits per heavy atom. The molecule has 1 amide bonds. The average molecular weight is 482 g/mol. The van der Waals surface area contributed by atoms with E-state index >= 15 is 0 Å². The SMILES string of the molecule is CCNc1nc(N[C@H](CC2CCCCC2)C(=O)NCc2ccc(Cl)cc2)cc(-n2ccnc2)n1. The monoisotopic (exact) mass is 481 g/mol. The summed E-state index contributed by atoms with van der Waals surface area (Å²) in [5, 5.41) is 10.4. The molecule has 0 spiro atoms. The maximum Gasteiger partial charge on any atom is 0.242 e. The zero-order valence-electron chi connectivity index (χ0n) is 19.5. The quantitative estimate of drug-likeness (QED) is 0.384. The first-order valence-electron chi connectivity index (χ1n) is 12.0. The molecule has 1 fully saturated rings. The lowest BCUT2D eigenvalue weighted by molar-refractivity contribution is -0.122. The van der Waals surface area contributed by atoms with Crippen LogP contribution in [0.5, 0.6) is 0 Å². The summed E-state index contributed by atoms with van der Waals surface area (Å²) < 4.78 is 1.82. The Balaban J connectivity index is 1.53. The van der Waals surface area contributed by atoms with Crippen molar-refractivity contribution in [1.29, 1.82) is 0 Å². The number of carbonyl (C=O) groups is 1. The van der Waals surface area contributed by atoms with Gasteiger partial charge in [-0.2, -0.15) is 9.97 Å². The second-order valence-corrected chi connectivity index (χ2v) is 9.15. The highest BCUT2D eigenvalue weighted by Crippen LogP contribution is 2.28. The van der Waals surface area contributed by atoms with Gasteiger partial charge in [0.1, 0.15) is 24.0 Å². The van der Waals surface area contributed by atoms with Gasteiger partial charge in [-0.3, -0.25) is 9.36 Å². The molecule has 1 saturated carbocycles. The molecule has 34 heavy (non-hydrogen) atoms. The molecule has 1 aliphatic carbocycles. The van der Waals surface area contributed by atoms with Crippen molar-refractivity contribution < 1.29 is 4.79 Å². The third kappa shape index (κ3) is 6.70. The Bertz CT molecular complexity index is 1050. The third-order valence-corrected chi connectivity index (χ3v) is 6.38. The Labute approximate surface area is 205 Å². The molecule has 3 N–H and O–H groups in total. The Morgan fingerprint density at radius 1 is 1.18 bits per heavy atom. The normalized spacial score (nSPS) is 15.0. The highest BCUT2D eigenvalue weighted by molar-refractivity contribution is 6.30. The van der Waals surface area contributed by atoms with Crippen molar-refractivity contribution in [2.45, 2.75) is 58.0 Å². The fourth-order valence-electron chi connectivity index (χ4n) is 4.35. The standard InChI is InChI=1S/C25H32ClN7O/c1-2-28-25-31-22(15-23(32-25)33-13-12-27-17-33)30-21(14-18-6-4-3-5-7-18)24(34)29-16-19-8-10-20(26)11-9-19/h8-13,15,17-18,21H,2-7,14,16H2,1H3,(H,29,34)(H2,28,30,31,32)/t21-/m1/s1. The lowest BCUT2D eigenvalue weighted by Gasteiger charge is -2.27. The number of nitrogens with one attached hydrogen (secondary N) is 3. The summed E-state index contributed by atoms with van der Waals surface area (Å²) >= 11 is 5.99. The van der Waals surface area contributed by atoms with Crippen LogP contribution in [-0.2, 0) is 11.3 Å². The number of aromatic nitrogens is 4. The number of imidazole rings is 1. The van der Waals surface area contributed by atoms with E-state index in [1.807, 2.05) is 48.0 Å². The second-order valence-electron chi connectivity index (χ2n) is 8.72. The molecule has 0 aliphatic heterocycles. The van der Waals surface area contributed by atoms with E-state index in [2.05, 4.69) is 30.9 Å². The minimum atomic E-state index is -0.393. The van der Waals surface area contributed by atoms with Crippen molar-refractivity contribution >= 4 is 29.3 Å². The summed E-state index contributed by atoms with van der Waals surface area (Å²) in [6, 6.07) is 8.98. The van der Waals surface area contributed by atoms with Crippen molar-refractivity contribution in [2.24, 2.45) is 5.92 Å². The van der Waals surface area contributed by atoms with Crippen LogP contribution in [0.25, 0.3) is 5.82 Å². The van der Waals surface area contributed by atoms with Gasteiger partial charge in [0.15, 0.2) is 0 Å². The van der Waals surface area contributed by atoms with Crippen LogP contribution in [0.2, 0.25) is 5.02 Å². The van der Waals surface area contributed by atoms with Gasteiger partial charge in [-0.15, -0.1) is 0 Å². The van der Waals surface area contributed by atoms with Crippen molar-refractivity contribution in [3.05, 3.63) is 59.6 Å². The fourth-order valence-corrected chi connectivity index (χ4v) is 4.48. The van der Waals surface area contributed by atoms with E-state index in [0.717, 1.165) is 24.8 Å². The molecule has 2 aromatic heterocycles. The second kappa shape index (κ2) is 11.8. The van der Waals surface area contributed by atoms with Gasteiger partial charge in [-0.05, 0) is 37.0 Å². The van der Waals surface area contributed by atoms with Crippen LogP contribution in [-0.4, -0.2) is 38.0 Å². The number of anilines is 2. The Kier molecular flexibility index (Phi) is 8.36. The highest BCUT2D eigenvalue weighted by Gasteiger charge is 2.25. The van der Waals surface area contributed by atoms with Crippen LogP contribution < -0.4 is 16.0 Å². The third-order valence-electron chi connectivity index (χ3n) is 6.13. The van der Waals surface area contributed by atoms with Crippen LogP contribution in [0.3, 0.4) is 0 Å². The van der Waals surface area contributed by atoms with Crippen LogP contribution >= 0.6 is 11.6 Å². The minimum Gasteiger partial charge on any atom is -0.358 e. The average Bonchev–Trinajstić information content (AvgIpc) is 3.39. The molecule has 4 rings (SSSR count). The van der Waals surface area contributed by atoms with E-state index in [4.69, 9.17) is 11.6 Å². The lowest BCUT2D eigenvalue weighted by Crippen LogP contribution is -2.41. The summed E-state index contributed by atoms with van der Waals surface area (Å²) in [6.07, 6.45) is 12.1. The van der Waals surface area contributed by atoms with Crippen molar-refractivity contribution in [1.82, 2.24) is 24.8 Å². The number of rotatable bonds is 10. The van der Waals surface area contributed by atoms with Gasteiger partial charge in [-0.25, -0.2) is 4.98 Å². The molecule has 0 unspecified atom stereocenters. The number of benzene rings is 1. The van der Waals surface area contributed by atoms with E-state index in [-0.39, 0.29) is 5.91 Å². The molecular weight excluding hydrogens is 450 g/mol. The smallest absolute Gasteiger partial charge is 0.242 e. The molecular formula is C25H32ClN7O. The predicted octanol–water partition coefficient (Wildman–Crippen LogP) is 4.81. The molecule has 9 heteroatoms. The predicted molar refractivity (Wildman–Crippen MR) is 135 cm³/mol. The van der Waals surface area contributed by atoms with Gasteiger partial charge >= 0.3 is 0 Å². The van der Waals surface area contributed by atoms with E-state index in [1.54, 1.807) is 12.5 Å². The van der Waals surface area contributed by atoms with Crippen molar-refractivity contribution in [3.63, 3.8) is 0 Å². The fraction of sp³-hybridized carbons (Fsp3) is 0.440. The molecule has 0 bridgehead atoms. The van der Waals surface area contributed by atoms with Crippen LogP contribution in [0, 0.1) is 5.92 Å². The molecule has 0 radical (unpaired) electrons. The Morgan fingerprint density at radius 2 is 1.97 bits per heavy atom. The highest BCUT2D eigenvalue weighted by atomic mass is 35.5. The number of hydrogen-bond donors (Lipinski definition) is 3. The van der Waals surface area contributed by atoms with Gasteiger partial charge < -0.3 is 16.0 Å². The van der Waals surface area contributed by atoms with Gasteiger partial charge in [0.2, 0.25) is 11.9 Å². The van der Waals surface area contributed by atoms with E-state index in [9.17, 15) is 4.79 Å². The summed E-state index contributed by atoms with van der Waals surface area (Å²) in [5.41, 5.74) is 1.01. The van der Waals surface area contributed by atoms with Gasteiger partial charge in [0.05, 0.1) is 0 Å². The first-order valence-corrected chi connectivity index (χ1v) is 12.4. The van der Waals surface area contributed by atoms with E-state index < -0.39 is 6.04 Å². The maximum atomic E-state index is 13.3. The van der Waals surface area contributed by atoms with Crippen LogP contribution in [0.4, 0.5) is 11.8 Å². The topological polar surface area (TPSA) is 96.8 Å². The van der Waals surface area contributed by atoms with Gasteiger partial charge in [-0.1, -0.05) is 55.8 Å². The van der Waals surface area contributed by atoms with E-state index in [1.165, 1.54) is 19.3 Å². The summed E-state index contributed by atoms with van der Waals surface area (Å²) in [7, 11) is 0. The molecule has 1 aromatic carbocycles. The zero-order valence-corrected chi connectivity index (χ0v) is 20.3. The summed E-state index contributed by atoms with van der Waals surface area (Å²) in [6.45, 7) is 3.14. The molecule has 0 saturated heterocycles. The van der Waals surface area contributed by atoms with Crippen LogP contribution in [0.1, 0.15) is 51.0 Å². The molecule has 1 aliphatic rings. The van der Waals surface area contributed by atoms with E-state index in [0.29, 0.717) is 41.6 Å². The lowest BCUT2D eigenvalue weighted by atomic mass is 9.84. The molecule has 1 atom stereocenters. The minimum absolute atomic E-state index is 0.0340. The molecule has 3 aromatic rings. The number of nitrogens with zero attached hydrogens (tertiary/aromatic N) is 4. The first kappa shape index (κ1) is 24.0. The molecule has 180 valence electrons.